The van der Waals surface area contributed by atoms with Crippen LogP contribution in [0.2, 0.25) is 5.02 Å². The second-order valence-electron chi connectivity index (χ2n) is 4.57. The minimum Gasteiger partial charge on any atom is -0.469 e. The molecule has 0 spiro atoms. The van der Waals surface area contributed by atoms with Gasteiger partial charge in [-0.25, -0.2) is 0 Å². The molecule has 0 aromatic heterocycles. The second-order valence-corrected chi connectivity index (χ2v) is 5.00. The molecule has 0 aliphatic carbocycles. The fraction of sp³-hybridized carbons (Fsp3) is 0.375. The van der Waals surface area contributed by atoms with E-state index in [1.54, 1.807) is 18.2 Å². The van der Waals surface area contributed by atoms with Crippen molar-refractivity contribution < 1.29 is 14.3 Å². The van der Waals surface area contributed by atoms with Crippen molar-refractivity contribution in [1.82, 2.24) is 5.32 Å². The molecule has 0 saturated carbocycles. The quantitative estimate of drug-likeness (QED) is 0.456. The highest BCUT2D eigenvalue weighted by atomic mass is 35.5. The first-order valence-electron chi connectivity index (χ1n) is 6.90. The SMILES string of the molecule is COC(=O)CCCCCNC(=O)/C=C/c1cccc(Cl)c1. The van der Waals surface area contributed by atoms with Crippen molar-refractivity contribution in [3.8, 4) is 0 Å². The third kappa shape index (κ3) is 8.15. The number of rotatable bonds is 8. The van der Waals surface area contributed by atoms with Gasteiger partial charge in [0.25, 0.3) is 0 Å². The average Bonchev–Trinajstić information content (AvgIpc) is 2.48. The van der Waals surface area contributed by atoms with Crippen LogP contribution in [0.4, 0.5) is 0 Å². The second kappa shape index (κ2) is 10.00. The van der Waals surface area contributed by atoms with Gasteiger partial charge in [-0.3, -0.25) is 9.59 Å². The van der Waals surface area contributed by atoms with Crippen LogP contribution in [-0.4, -0.2) is 25.5 Å². The lowest BCUT2D eigenvalue weighted by Gasteiger charge is -2.02. The number of hydrogen-bond donors (Lipinski definition) is 1. The molecule has 0 heterocycles. The Morgan fingerprint density at radius 3 is 2.81 bits per heavy atom. The van der Waals surface area contributed by atoms with Gasteiger partial charge in [0.2, 0.25) is 5.91 Å². The Labute approximate surface area is 130 Å². The van der Waals surface area contributed by atoms with Gasteiger partial charge in [-0.15, -0.1) is 0 Å². The Morgan fingerprint density at radius 1 is 1.29 bits per heavy atom. The van der Waals surface area contributed by atoms with E-state index in [9.17, 15) is 9.59 Å². The van der Waals surface area contributed by atoms with Gasteiger partial charge in [0.1, 0.15) is 0 Å². The number of esters is 1. The fourth-order valence-corrected chi connectivity index (χ4v) is 1.92. The summed E-state index contributed by atoms with van der Waals surface area (Å²) >= 11 is 5.86. The Bertz CT molecular complexity index is 500. The number of ether oxygens (including phenoxy) is 1. The van der Waals surface area contributed by atoms with Crippen LogP contribution in [0.15, 0.2) is 30.3 Å². The molecular formula is C16H20ClNO3. The van der Waals surface area contributed by atoms with Crippen LogP contribution in [0.25, 0.3) is 6.08 Å². The molecule has 4 nitrogen and oxygen atoms in total. The van der Waals surface area contributed by atoms with Crippen molar-refractivity contribution in [1.29, 1.82) is 0 Å². The van der Waals surface area contributed by atoms with Crippen LogP contribution in [0.1, 0.15) is 31.2 Å². The first-order chi connectivity index (χ1) is 10.1. The van der Waals surface area contributed by atoms with E-state index in [4.69, 9.17) is 11.6 Å². The molecule has 1 aromatic carbocycles. The summed E-state index contributed by atoms with van der Waals surface area (Å²) in [5, 5.41) is 3.44. The molecule has 0 bridgehead atoms. The van der Waals surface area contributed by atoms with Gasteiger partial charge in [0.05, 0.1) is 7.11 Å². The molecule has 21 heavy (non-hydrogen) atoms. The number of amides is 1. The molecule has 5 heteroatoms. The largest absolute Gasteiger partial charge is 0.469 e. The Morgan fingerprint density at radius 2 is 2.10 bits per heavy atom. The smallest absolute Gasteiger partial charge is 0.305 e. The zero-order valence-corrected chi connectivity index (χ0v) is 12.9. The predicted molar refractivity (Wildman–Crippen MR) is 84.0 cm³/mol. The zero-order chi connectivity index (χ0) is 15.5. The standard InChI is InChI=1S/C16H20ClNO3/c1-21-16(20)8-3-2-4-11-18-15(19)10-9-13-6-5-7-14(17)12-13/h5-7,9-10,12H,2-4,8,11H2,1H3,(H,18,19)/b10-9+. The number of methoxy groups -OCH3 is 1. The summed E-state index contributed by atoms with van der Waals surface area (Å²) < 4.78 is 4.55. The van der Waals surface area contributed by atoms with E-state index < -0.39 is 0 Å². The molecule has 0 atom stereocenters. The molecular weight excluding hydrogens is 290 g/mol. The third-order valence-corrected chi connectivity index (χ3v) is 3.10. The fourth-order valence-electron chi connectivity index (χ4n) is 1.73. The Hall–Kier alpha value is -1.81. The van der Waals surface area contributed by atoms with Gasteiger partial charge in [-0.1, -0.05) is 30.2 Å². The molecule has 0 fully saturated rings. The number of carbonyl (C=O) groups excluding carboxylic acids is 2. The average molecular weight is 310 g/mol. The number of carbonyl (C=O) groups is 2. The Balaban J connectivity index is 2.15. The van der Waals surface area contributed by atoms with Crippen LogP contribution in [0.5, 0.6) is 0 Å². The molecule has 1 rings (SSSR count). The lowest BCUT2D eigenvalue weighted by Crippen LogP contribution is -2.22. The van der Waals surface area contributed by atoms with Crippen molar-refractivity contribution in [3.63, 3.8) is 0 Å². The number of halogens is 1. The minimum atomic E-state index is -0.191. The highest BCUT2D eigenvalue weighted by Crippen LogP contribution is 2.11. The third-order valence-electron chi connectivity index (χ3n) is 2.86. The summed E-state index contributed by atoms with van der Waals surface area (Å²) in [6.07, 6.45) is 6.14. The van der Waals surface area contributed by atoms with Crippen molar-refractivity contribution in [2.75, 3.05) is 13.7 Å². The lowest BCUT2D eigenvalue weighted by molar-refractivity contribution is -0.140. The molecule has 1 amide bonds. The first kappa shape index (κ1) is 17.2. The lowest BCUT2D eigenvalue weighted by atomic mass is 10.2. The van der Waals surface area contributed by atoms with Crippen LogP contribution in [-0.2, 0) is 14.3 Å². The van der Waals surface area contributed by atoms with Gasteiger partial charge in [0, 0.05) is 24.1 Å². The predicted octanol–water partition coefficient (Wildman–Crippen LogP) is 3.20. The monoisotopic (exact) mass is 309 g/mol. The first-order valence-corrected chi connectivity index (χ1v) is 7.28. The summed E-state index contributed by atoms with van der Waals surface area (Å²) in [6.45, 7) is 0.597. The minimum absolute atomic E-state index is 0.136. The van der Waals surface area contributed by atoms with E-state index >= 15 is 0 Å². The maximum atomic E-state index is 11.6. The molecule has 1 N–H and O–H groups in total. The van der Waals surface area contributed by atoms with Gasteiger partial charge in [0.15, 0.2) is 0 Å². The van der Waals surface area contributed by atoms with E-state index in [0.29, 0.717) is 18.0 Å². The van der Waals surface area contributed by atoms with Gasteiger partial charge >= 0.3 is 5.97 Å². The molecule has 0 aliphatic heterocycles. The molecule has 0 unspecified atom stereocenters. The number of unbranched alkanes of at least 4 members (excludes halogenated alkanes) is 2. The normalized spacial score (nSPS) is 10.6. The summed E-state index contributed by atoms with van der Waals surface area (Å²) in [5.74, 6) is -0.327. The van der Waals surface area contributed by atoms with Gasteiger partial charge in [-0.05, 0) is 36.6 Å². The van der Waals surface area contributed by atoms with Gasteiger partial charge < -0.3 is 10.1 Å². The maximum Gasteiger partial charge on any atom is 0.305 e. The summed E-state index contributed by atoms with van der Waals surface area (Å²) in [5.41, 5.74) is 0.885. The van der Waals surface area contributed by atoms with E-state index in [-0.39, 0.29) is 11.9 Å². The number of benzene rings is 1. The maximum absolute atomic E-state index is 11.6. The molecule has 0 saturated heterocycles. The topological polar surface area (TPSA) is 55.4 Å². The highest BCUT2D eigenvalue weighted by Gasteiger charge is 2.00. The van der Waals surface area contributed by atoms with Crippen molar-refractivity contribution >= 4 is 29.6 Å². The van der Waals surface area contributed by atoms with E-state index in [2.05, 4.69) is 10.1 Å². The van der Waals surface area contributed by atoms with Gasteiger partial charge in [-0.2, -0.15) is 0 Å². The molecule has 1 aromatic rings. The van der Waals surface area contributed by atoms with E-state index in [1.807, 2.05) is 12.1 Å². The molecule has 114 valence electrons. The Kier molecular flexibility index (Phi) is 8.21. The van der Waals surface area contributed by atoms with Crippen molar-refractivity contribution in [2.24, 2.45) is 0 Å². The van der Waals surface area contributed by atoms with Crippen LogP contribution >= 0.6 is 11.6 Å². The van der Waals surface area contributed by atoms with Crippen molar-refractivity contribution in [3.05, 3.63) is 40.9 Å². The molecule has 0 radical (unpaired) electrons. The summed E-state index contributed by atoms with van der Waals surface area (Å²) in [7, 11) is 1.38. The zero-order valence-electron chi connectivity index (χ0n) is 12.1. The van der Waals surface area contributed by atoms with Crippen LogP contribution < -0.4 is 5.32 Å². The van der Waals surface area contributed by atoms with Crippen LogP contribution in [0, 0.1) is 0 Å². The molecule has 0 aliphatic rings. The number of hydrogen-bond acceptors (Lipinski definition) is 3. The highest BCUT2D eigenvalue weighted by molar-refractivity contribution is 6.30. The van der Waals surface area contributed by atoms with Crippen molar-refractivity contribution in [2.45, 2.75) is 25.7 Å². The summed E-state index contributed by atoms with van der Waals surface area (Å²) in [6, 6.07) is 7.29. The van der Waals surface area contributed by atoms with Crippen LogP contribution in [0.3, 0.4) is 0 Å². The van der Waals surface area contributed by atoms with E-state index in [1.165, 1.54) is 13.2 Å². The summed E-state index contributed by atoms with van der Waals surface area (Å²) in [4.78, 5) is 22.5. The van der Waals surface area contributed by atoms with E-state index in [0.717, 1.165) is 24.8 Å². The number of nitrogens with one attached hydrogen (secondary N) is 1.